The summed E-state index contributed by atoms with van der Waals surface area (Å²) in [6, 6.07) is 6.63. The van der Waals surface area contributed by atoms with E-state index in [2.05, 4.69) is 34.1 Å². The average molecular weight is 468 g/mol. The first-order chi connectivity index (χ1) is 14.2. The highest BCUT2D eigenvalue weighted by Gasteiger charge is 2.17. The zero-order valence-corrected chi connectivity index (χ0v) is 19.4. The zero-order chi connectivity index (χ0) is 21.9. The second-order valence-electron chi connectivity index (χ2n) is 7.42. The van der Waals surface area contributed by atoms with Gasteiger partial charge in [-0.05, 0) is 30.0 Å². The van der Waals surface area contributed by atoms with E-state index in [1.54, 1.807) is 24.3 Å². The first-order valence-corrected chi connectivity index (χ1v) is 13.1. The number of thioether (sulfide) groups is 1. The highest BCUT2D eigenvalue weighted by atomic mass is 32.2. The minimum absolute atomic E-state index is 0.00682. The van der Waals surface area contributed by atoms with Crippen molar-refractivity contribution in [3.05, 3.63) is 29.8 Å². The van der Waals surface area contributed by atoms with E-state index in [-0.39, 0.29) is 12.6 Å². The van der Waals surface area contributed by atoms with Crippen molar-refractivity contribution in [3.63, 3.8) is 0 Å². The predicted molar refractivity (Wildman–Crippen MR) is 123 cm³/mol. The van der Waals surface area contributed by atoms with Crippen LogP contribution in [-0.2, 0) is 15.6 Å². The van der Waals surface area contributed by atoms with E-state index < -0.39 is 9.84 Å². The lowest BCUT2D eigenvalue weighted by Crippen LogP contribution is -2.26. The van der Waals surface area contributed by atoms with Crippen LogP contribution < -0.4 is 11.1 Å². The summed E-state index contributed by atoms with van der Waals surface area (Å²) in [7, 11) is -3.22. The van der Waals surface area contributed by atoms with Crippen LogP contribution in [0.5, 0.6) is 0 Å². The van der Waals surface area contributed by atoms with Crippen molar-refractivity contribution >= 4 is 54.2 Å². The van der Waals surface area contributed by atoms with Crippen molar-refractivity contribution < 1.29 is 13.5 Å². The molecule has 0 bridgehead atoms. The van der Waals surface area contributed by atoms with Gasteiger partial charge in [-0.2, -0.15) is 0 Å². The summed E-state index contributed by atoms with van der Waals surface area (Å²) >= 11 is 2.73. The van der Waals surface area contributed by atoms with Crippen molar-refractivity contribution in [2.24, 2.45) is 5.92 Å². The first-order valence-electron chi connectivity index (χ1n) is 9.39. The number of nitrogens with one attached hydrogen (secondary N) is 1. The molecule has 0 saturated carbocycles. The van der Waals surface area contributed by atoms with Crippen molar-refractivity contribution in [1.82, 2.24) is 15.0 Å². The van der Waals surface area contributed by atoms with Gasteiger partial charge in [-0.15, -0.1) is 0 Å². The molecule has 1 unspecified atom stereocenters. The number of benzene rings is 1. The van der Waals surface area contributed by atoms with Gasteiger partial charge in [0.15, 0.2) is 31.6 Å². The number of aliphatic hydroxyl groups is 1. The van der Waals surface area contributed by atoms with Gasteiger partial charge in [0.25, 0.3) is 0 Å². The molecule has 0 aliphatic carbocycles. The molecular weight excluding hydrogens is 442 g/mol. The Morgan fingerprint density at radius 3 is 2.50 bits per heavy atom. The number of thiazole rings is 1. The van der Waals surface area contributed by atoms with Gasteiger partial charge in [0.05, 0.1) is 17.5 Å². The average Bonchev–Trinajstić information content (AvgIpc) is 3.05. The third-order valence-electron chi connectivity index (χ3n) is 4.29. The van der Waals surface area contributed by atoms with Crippen LogP contribution in [0.4, 0.5) is 10.9 Å². The van der Waals surface area contributed by atoms with E-state index in [4.69, 9.17) is 5.73 Å². The van der Waals surface area contributed by atoms with Crippen LogP contribution in [0.1, 0.15) is 25.8 Å². The maximum Gasteiger partial charge on any atom is 0.191 e. The number of aromatic nitrogens is 3. The Morgan fingerprint density at radius 1 is 1.20 bits per heavy atom. The number of sulfone groups is 1. The van der Waals surface area contributed by atoms with Gasteiger partial charge in [-0.3, -0.25) is 0 Å². The van der Waals surface area contributed by atoms with Crippen LogP contribution >= 0.6 is 23.1 Å². The SMILES string of the molecule is CC(C)CC(CO)Nc1nc(SCc2ccc(S(C)(=O)=O)cc2)nc2nc(N)sc12. The minimum atomic E-state index is -3.22. The van der Waals surface area contributed by atoms with E-state index in [0.717, 1.165) is 16.7 Å². The van der Waals surface area contributed by atoms with Crippen LogP contribution in [0.25, 0.3) is 10.3 Å². The number of hydrogen-bond donors (Lipinski definition) is 3. The molecule has 1 atom stereocenters. The summed E-state index contributed by atoms with van der Waals surface area (Å²) in [5, 5.41) is 14.0. The van der Waals surface area contributed by atoms with Crippen molar-refractivity contribution in [2.75, 3.05) is 23.9 Å². The molecule has 0 amide bonds. The summed E-state index contributed by atoms with van der Waals surface area (Å²) in [4.78, 5) is 13.7. The molecule has 0 aliphatic rings. The lowest BCUT2D eigenvalue weighted by atomic mass is 10.0. The number of aliphatic hydroxyl groups excluding tert-OH is 1. The third-order valence-corrected chi connectivity index (χ3v) is 7.21. The summed E-state index contributed by atoms with van der Waals surface area (Å²) in [6.07, 6.45) is 1.98. The molecule has 0 aliphatic heterocycles. The second-order valence-corrected chi connectivity index (χ2v) is 11.4. The fourth-order valence-electron chi connectivity index (χ4n) is 2.90. The van der Waals surface area contributed by atoms with Gasteiger partial charge in [-0.1, -0.05) is 49.1 Å². The van der Waals surface area contributed by atoms with E-state index in [9.17, 15) is 13.5 Å². The Morgan fingerprint density at radius 2 is 1.90 bits per heavy atom. The first kappa shape index (κ1) is 22.7. The molecule has 0 radical (unpaired) electrons. The van der Waals surface area contributed by atoms with Crippen molar-refractivity contribution in [1.29, 1.82) is 0 Å². The molecule has 11 heteroatoms. The number of hydrogen-bond acceptors (Lipinski definition) is 10. The maximum absolute atomic E-state index is 11.6. The van der Waals surface area contributed by atoms with Gasteiger partial charge in [0.1, 0.15) is 4.70 Å². The zero-order valence-electron chi connectivity index (χ0n) is 17.0. The van der Waals surface area contributed by atoms with Crippen LogP contribution in [-0.4, -0.2) is 47.4 Å². The molecular formula is C19H25N5O3S3. The molecule has 2 aromatic heterocycles. The Labute approximate surface area is 184 Å². The quantitative estimate of drug-likeness (QED) is 0.321. The molecule has 2 heterocycles. The lowest BCUT2D eigenvalue weighted by molar-refractivity contribution is 0.259. The summed E-state index contributed by atoms with van der Waals surface area (Å²) in [6.45, 7) is 4.19. The van der Waals surface area contributed by atoms with Crippen LogP contribution in [0.3, 0.4) is 0 Å². The number of nitrogens with zero attached hydrogens (tertiary/aromatic N) is 3. The molecule has 0 spiro atoms. The highest BCUT2D eigenvalue weighted by Crippen LogP contribution is 2.32. The predicted octanol–water partition coefficient (Wildman–Crippen LogP) is 3.18. The Balaban J connectivity index is 1.82. The van der Waals surface area contributed by atoms with Crippen molar-refractivity contribution in [2.45, 2.75) is 42.1 Å². The maximum atomic E-state index is 11.6. The normalized spacial score (nSPS) is 13.1. The number of fused-ring (bicyclic) bond motifs is 1. The lowest BCUT2D eigenvalue weighted by Gasteiger charge is -2.19. The molecule has 162 valence electrons. The van der Waals surface area contributed by atoms with E-state index >= 15 is 0 Å². The van der Waals surface area contributed by atoms with E-state index in [1.165, 1.54) is 29.4 Å². The molecule has 4 N–H and O–H groups in total. The number of nitrogens with two attached hydrogens (primary N) is 1. The van der Waals surface area contributed by atoms with Crippen molar-refractivity contribution in [3.8, 4) is 0 Å². The molecule has 3 aromatic rings. The largest absolute Gasteiger partial charge is 0.394 e. The van der Waals surface area contributed by atoms with Gasteiger partial charge >= 0.3 is 0 Å². The molecule has 30 heavy (non-hydrogen) atoms. The highest BCUT2D eigenvalue weighted by molar-refractivity contribution is 7.98. The number of anilines is 2. The molecule has 0 saturated heterocycles. The summed E-state index contributed by atoms with van der Waals surface area (Å²) < 4.78 is 24.0. The topological polar surface area (TPSA) is 131 Å². The Bertz CT molecular complexity index is 1110. The van der Waals surface area contributed by atoms with Gasteiger partial charge in [-0.25, -0.2) is 23.4 Å². The number of nitrogen functional groups attached to an aromatic ring is 1. The molecule has 0 fully saturated rings. The van der Waals surface area contributed by atoms with E-state index in [0.29, 0.717) is 38.3 Å². The van der Waals surface area contributed by atoms with Crippen LogP contribution in [0, 0.1) is 5.92 Å². The summed E-state index contributed by atoms with van der Waals surface area (Å²) in [5.74, 6) is 1.61. The standard InChI is InChI=1S/C19H25N5O3S3/c1-11(2)8-13(9-25)21-16-15-17(22-18(20)29-15)24-19(23-16)28-10-12-4-6-14(7-5-12)30(3,26)27/h4-7,11,13,25H,8-10H2,1-3H3,(H3,20,21,22,23,24). The van der Waals surface area contributed by atoms with Gasteiger partial charge in [0, 0.05) is 12.0 Å². The minimum Gasteiger partial charge on any atom is -0.394 e. The van der Waals surface area contributed by atoms with E-state index in [1.807, 2.05) is 0 Å². The molecule has 8 nitrogen and oxygen atoms in total. The smallest absolute Gasteiger partial charge is 0.191 e. The Hall–Kier alpha value is -1.95. The van der Waals surface area contributed by atoms with Crippen LogP contribution in [0.15, 0.2) is 34.3 Å². The summed E-state index contributed by atoms with van der Waals surface area (Å²) in [5.41, 5.74) is 7.35. The molecule has 1 aromatic carbocycles. The second kappa shape index (κ2) is 9.46. The monoisotopic (exact) mass is 467 g/mol. The fraction of sp³-hybridized carbons (Fsp3) is 0.421. The van der Waals surface area contributed by atoms with Crippen LogP contribution in [0.2, 0.25) is 0 Å². The Kier molecular flexibility index (Phi) is 7.17. The fourth-order valence-corrected chi connectivity index (χ4v) is 5.06. The number of rotatable bonds is 9. The third kappa shape index (κ3) is 5.81. The van der Waals surface area contributed by atoms with Gasteiger partial charge in [0.2, 0.25) is 0 Å². The molecule has 3 rings (SSSR count). The van der Waals surface area contributed by atoms with Gasteiger partial charge < -0.3 is 16.2 Å².